The minimum absolute atomic E-state index is 0.150. The molecular weight excluding hydrogens is 392 g/mol. The lowest BCUT2D eigenvalue weighted by Gasteiger charge is -2.35. The molecule has 1 aliphatic heterocycles. The Bertz CT molecular complexity index is 831. The standard InChI is InChI=1S/C25H34N2O4/c1-18-9-8-12-27(16-18)19(2)15-26-25(28)21-13-22(29-3)24(23(14-21)30-4)31-17-20-10-6-5-7-11-20/h5-7,10-11,13-14,18-19H,8-9,12,15-17H2,1-4H3,(H,26,28). The number of benzene rings is 2. The van der Waals surface area contributed by atoms with Crippen molar-refractivity contribution in [3.63, 3.8) is 0 Å². The maximum atomic E-state index is 12.8. The second-order valence-electron chi connectivity index (χ2n) is 8.29. The molecule has 1 amide bonds. The highest BCUT2D eigenvalue weighted by atomic mass is 16.5. The molecule has 1 fully saturated rings. The molecule has 2 aromatic carbocycles. The van der Waals surface area contributed by atoms with Crippen molar-refractivity contribution in [1.29, 1.82) is 0 Å². The van der Waals surface area contributed by atoms with Crippen LogP contribution in [-0.2, 0) is 6.61 Å². The number of amides is 1. The zero-order valence-electron chi connectivity index (χ0n) is 19.0. The van der Waals surface area contributed by atoms with Gasteiger partial charge in [0.25, 0.3) is 5.91 Å². The van der Waals surface area contributed by atoms with Gasteiger partial charge in [0.05, 0.1) is 14.2 Å². The Hall–Kier alpha value is -2.73. The molecule has 3 rings (SSSR count). The van der Waals surface area contributed by atoms with Gasteiger partial charge in [0.15, 0.2) is 11.5 Å². The van der Waals surface area contributed by atoms with E-state index in [1.807, 2.05) is 30.3 Å². The fraction of sp³-hybridized carbons (Fsp3) is 0.480. The lowest BCUT2D eigenvalue weighted by molar-refractivity contribution is 0.0916. The third-order valence-electron chi connectivity index (χ3n) is 5.82. The van der Waals surface area contributed by atoms with Crippen LogP contribution in [0.1, 0.15) is 42.6 Å². The molecule has 6 nitrogen and oxygen atoms in total. The van der Waals surface area contributed by atoms with E-state index in [1.54, 1.807) is 26.4 Å². The first-order valence-corrected chi connectivity index (χ1v) is 11.0. The Kier molecular flexibility index (Phi) is 8.18. The zero-order chi connectivity index (χ0) is 22.2. The van der Waals surface area contributed by atoms with Gasteiger partial charge in [-0.1, -0.05) is 37.3 Å². The van der Waals surface area contributed by atoms with E-state index in [-0.39, 0.29) is 5.91 Å². The van der Waals surface area contributed by atoms with E-state index in [4.69, 9.17) is 14.2 Å². The SMILES string of the molecule is COc1cc(C(=O)NCC(C)N2CCCC(C)C2)cc(OC)c1OCc1ccccc1. The molecule has 0 aliphatic carbocycles. The number of carbonyl (C=O) groups is 1. The highest BCUT2D eigenvalue weighted by Crippen LogP contribution is 2.39. The van der Waals surface area contributed by atoms with Crippen molar-refractivity contribution in [3.8, 4) is 17.2 Å². The summed E-state index contributed by atoms with van der Waals surface area (Å²) in [6.07, 6.45) is 2.51. The van der Waals surface area contributed by atoms with Crippen molar-refractivity contribution in [1.82, 2.24) is 10.2 Å². The third-order valence-corrected chi connectivity index (χ3v) is 5.82. The van der Waals surface area contributed by atoms with Gasteiger partial charge >= 0.3 is 0 Å². The van der Waals surface area contributed by atoms with Gasteiger partial charge in [0.1, 0.15) is 6.61 Å². The fourth-order valence-electron chi connectivity index (χ4n) is 3.98. The third kappa shape index (κ3) is 6.14. The summed E-state index contributed by atoms with van der Waals surface area (Å²) < 4.78 is 17.0. The van der Waals surface area contributed by atoms with Crippen LogP contribution in [0.5, 0.6) is 17.2 Å². The number of nitrogens with one attached hydrogen (secondary N) is 1. The molecule has 0 aromatic heterocycles. The van der Waals surface area contributed by atoms with Crippen molar-refractivity contribution in [2.24, 2.45) is 5.92 Å². The molecule has 0 spiro atoms. The fourth-order valence-corrected chi connectivity index (χ4v) is 3.98. The summed E-state index contributed by atoms with van der Waals surface area (Å²) in [5, 5.41) is 3.06. The molecule has 1 heterocycles. The number of hydrogen-bond donors (Lipinski definition) is 1. The molecule has 6 heteroatoms. The van der Waals surface area contributed by atoms with Crippen LogP contribution in [-0.4, -0.2) is 50.7 Å². The van der Waals surface area contributed by atoms with Gasteiger partial charge in [-0.3, -0.25) is 9.69 Å². The summed E-state index contributed by atoms with van der Waals surface area (Å²) >= 11 is 0. The largest absolute Gasteiger partial charge is 0.493 e. The molecule has 0 bridgehead atoms. The number of methoxy groups -OCH3 is 2. The van der Waals surface area contributed by atoms with E-state index in [1.165, 1.54) is 12.8 Å². The minimum atomic E-state index is -0.150. The molecule has 0 saturated carbocycles. The average Bonchev–Trinajstić information content (AvgIpc) is 2.81. The van der Waals surface area contributed by atoms with E-state index < -0.39 is 0 Å². The molecule has 0 radical (unpaired) electrons. The van der Waals surface area contributed by atoms with Gasteiger partial charge in [0.2, 0.25) is 5.75 Å². The first-order chi connectivity index (χ1) is 15.0. The summed E-state index contributed by atoms with van der Waals surface area (Å²) in [6.45, 7) is 7.62. The second kappa shape index (κ2) is 11.0. The summed E-state index contributed by atoms with van der Waals surface area (Å²) in [5.41, 5.74) is 1.52. The van der Waals surface area contributed by atoms with Crippen LogP contribution < -0.4 is 19.5 Å². The van der Waals surface area contributed by atoms with Crippen LogP contribution in [0.3, 0.4) is 0 Å². The Morgan fingerprint density at radius 1 is 1.16 bits per heavy atom. The monoisotopic (exact) mass is 426 g/mol. The molecule has 1 aliphatic rings. The van der Waals surface area contributed by atoms with Crippen molar-refractivity contribution in [2.75, 3.05) is 33.9 Å². The Labute approximate surface area is 185 Å². The van der Waals surface area contributed by atoms with Crippen LogP contribution in [0, 0.1) is 5.92 Å². The predicted molar refractivity (Wildman–Crippen MR) is 122 cm³/mol. The maximum absolute atomic E-state index is 12.8. The molecule has 1 saturated heterocycles. The molecular formula is C25H34N2O4. The number of hydrogen-bond acceptors (Lipinski definition) is 5. The summed E-state index contributed by atoms with van der Waals surface area (Å²) in [6, 6.07) is 13.6. The van der Waals surface area contributed by atoms with E-state index in [9.17, 15) is 4.79 Å². The molecule has 2 atom stereocenters. The van der Waals surface area contributed by atoms with Crippen LogP contribution in [0.25, 0.3) is 0 Å². The second-order valence-corrected chi connectivity index (χ2v) is 8.29. The van der Waals surface area contributed by atoms with Gasteiger partial charge < -0.3 is 19.5 Å². The predicted octanol–water partition coefficient (Wildman–Crippen LogP) is 4.13. The summed E-state index contributed by atoms with van der Waals surface area (Å²) in [5.74, 6) is 1.99. The van der Waals surface area contributed by atoms with Crippen LogP contribution in [0.4, 0.5) is 0 Å². The highest BCUT2D eigenvalue weighted by molar-refractivity contribution is 5.95. The van der Waals surface area contributed by atoms with E-state index in [0.717, 1.165) is 18.7 Å². The molecule has 2 unspecified atom stereocenters. The number of likely N-dealkylation sites (tertiary alicyclic amines) is 1. The minimum Gasteiger partial charge on any atom is -0.493 e. The van der Waals surface area contributed by atoms with Crippen molar-refractivity contribution in [2.45, 2.75) is 39.3 Å². The van der Waals surface area contributed by atoms with Gasteiger partial charge in [-0.15, -0.1) is 0 Å². The number of rotatable bonds is 9. The van der Waals surface area contributed by atoms with Crippen LogP contribution >= 0.6 is 0 Å². The van der Waals surface area contributed by atoms with E-state index in [2.05, 4.69) is 24.1 Å². The first kappa shape index (κ1) is 22.9. The molecule has 168 valence electrons. The maximum Gasteiger partial charge on any atom is 0.251 e. The number of ether oxygens (including phenoxy) is 3. The Morgan fingerprint density at radius 2 is 1.84 bits per heavy atom. The van der Waals surface area contributed by atoms with Crippen LogP contribution in [0.2, 0.25) is 0 Å². The number of carbonyl (C=O) groups excluding carboxylic acids is 1. The quantitative estimate of drug-likeness (QED) is 0.653. The number of piperidine rings is 1. The van der Waals surface area contributed by atoms with Crippen LogP contribution in [0.15, 0.2) is 42.5 Å². The highest BCUT2D eigenvalue weighted by Gasteiger charge is 2.22. The van der Waals surface area contributed by atoms with Crippen molar-refractivity contribution < 1.29 is 19.0 Å². The van der Waals surface area contributed by atoms with Crippen molar-refractivity contribution >= 4 is 5.91 Å². The van der Waals surface area contributed by atoms with E-state index in [0.29, 0.717) is 47.9 Å². The average molecular weight is 427 g/mol. The lowest BCUT2D eigenvalue weighted by Crippen LogP contribution is -2.46. The topological polar surface area (TPSA) is 60.0 Å². The summed E-state index contributed by atoms with van der Waals surface area (Å²) in [7, 11) is 3.12. The van der Waals surface area contributed by atoms with Gasteiger partial charge in [-0.05, 0) is 49.9 Å². The van der Waals surface area contributed by atoms with Gasteiger partial charge in [-0.2, -0.15) is 0 Å². The van der Waals surface area contributed by atoms with Gasteiger partial charge in [-0.25, -0.2) is 0 Å². The Morgan fingerprint density at radius 3 is 2.45 bits per heavy atom. The molecule has 1 N–H and O–H groups in total. The summed E-state index contributed by atoms with van der Waals surface area (Å²) in [4.78, 5) is 15.3. The first-order valence-electron chi connectivity index (χ1n) is 11.0. The molecule has 31 heavy (non-hydrogen) atoms. The normalized spacial score (nSPS) is 17.6. The van der Waals surface area contributed by atoms with Gasteiger partial charge in [0, 0.05) is 24.7 Å². The van der Waals surface area contributed by atoms with Crippen molar-refractivity contribution in [3.05, 3.63) is 53.6 Å². The lowest BCUT2D eigenvalue weighted by atomic mass is 9.99. The molecule has 2 aromatic rings. The Balaban J connectivity index is 1.67. The number of nitrogens with zero attached hydrogens (tertiary/aromatic N) is 1. The van der Waals surface area contributed by atoms with E-state index >= 15 is 0 Å². The smallest absolute Gasteiger partial charge is 0.251 e. The zero-order valence-corrected chi connectivity index (χ0v) is 19.0.